The van der Waals surface area contributed by atoms with E-state index in [9.17, 15) is 13.2 Å². The highest BCUT2D eigenvalue weighted by molar-refractivity contribution is 14.0. The lowest BCUT2D eigenvalue weighted by Crippen LogP contribution is -2.47. The first-order chi connectivity index (χ1) is 13.5. The number of hydrogen-bond acceptors (Lipinski definition) is 6. The second-order valence-corrected chi connectivity index (χ2v) is 6.19. The number of rotatable bonds is 6. The van der Waals surface area contributed by atoms with Crippen LogP contribution in [0.1, 0.15) is 24.9 Å². The van der Waals surface area contributed by atoms with Crippen molar-refractivity contribution in [1.82, 2.24) is 35.4 Å². The van der Waals surface area contributed by atoms with Gasteiger partial charge in [0.2, 0.25) is 5.95 Å². The fraction of sp³-hybridized carbons (Fsp3) is 0.562. The van der Waals surface area contributed by atoms with Crippen LogP contribution in [0.25, 0.3) is 0 Å². The highest BCUT2D eigenvalue weighted by atomic mass is 127. The van der Waals surface area contributed by atoms with Crippen LogP contribution in [-0.2, 0) is 19.1 Å². The second kappa shape index (κ2) is 10.5. The first-order valence-electron chi connectivity index (χ1n) is 9.01. The Morgan fingerprint density at radius 3 is 2.93 bits per heavy atom. The van der Waals surface area contributed by atoms with E-state index in [1.807, 2.05) is 11.6 Å². The Labute approximate surface area is 183 Å². The Morgan fingerprint density at radius 1 is 1.34 bits per heavy atom. The van der Waals surface area contributed by atoms with Crippen LogP contribution in [0.5, 0.6) is 0 Å². The minimum absolute atomic E-state index is 0. The van der Waals surface area contributed by atoms with Gasteiger partial charge in [0.25, 0.3) is 0 Å². The van der Waals surface area contributed by atoms with Crippen molar-refractivity contribution in [2.45, 2.75) is 38.5 Å². The third-order valence-corrected chi connectivity index (χ3v) is 4.10. The fourth-order valence-corrected chi connectivity index (χ4v) is 2.81. The Balaban J connectivity index is 0.00000300. The maximum Gasteiger partial charge on any atom is 0.433 e. The molecule has 0 saturated heterocycles. The van der Waals surface area contributed by atoms with Gasteiger partial charge < -0.3 is 16.0 Å². The summed E-state index contributed by atoms with van der Waals surface area (Å²) in [6, 6.07) is 1.01. The predicted molar refractivity (Wildman–Crippen MR) is 112 cm³/mol. The first-order valence-corrected chi connectivity index (χ1v) is 9.01. The Kier molecular flexibility index (Phi) is 8.40. The van der Waals surface area contributed by atoms with E-state index in [4.69, 9.17) is 0 Å². The average molecular weight is 525 g/mol. The van der Waals surface area contributed by atoms with Crippen molar-refractivity contribution in [3.05, 3.63) is 30.1 Å². The zero-order chi connectivity index (χ0) is 20.0. The zero-order valence-corrected chi connectivity index (χ0v) is 18.1. The zero-order valence-electron chi connectivity index (χ0n) is 15.8. The number of alkyl halides is 3. The van der Waals surface area contributed by atoms with E-state index < -0.39 is 11.9 Å². The van der Waals surface area contributed by atoms with Crippen molar-refractivity contribution >= 4 is 35.9 Å². The second-order valence-electron chi connectivity index (χ2n) is 6.19. The van der Waals surface area contributed by atoms with Crippen LogP contribution in [0.3, 0.4) is 0 Å². The van der Waals surface area contributed by atoms with Crippen LogP contribution in [0, 0.1) is 0 Å². The molecule has 0 saturated carbocycles. The summed E-state index contributed by atoms with van der Waals surface area (Å²) in [4.78, 5) is 15.9. The third-order valence-electron chi connectivity index (χ3n) is 4.10. The molecule has 1 unspecified atom stereocenters. The van der Waals surface area contributed by atoms with Gasteiger partial charge >= 0.3 is 6.18 Å². The number of anilines is 1. The lowest BCUT2D eigenvalue weighted by molar-refractivity contribution is -0.141. The van der Waals surface area contributed by atoms with E-state index in [0.29, 0.717) is 32.1 Å². The normalized spacial score (nSPS) is 16.6. The van der Waals surface area contributed by atoms with Gasteiger partial charge in [-0.05, 0) is 19.4 Å². The molecule has 3 rings (SSSR count). The largest absolute Gasteiger partial charge is 0.433 e. The molecule has 29 heavy (non-hydrogen) atoms. The van der Waals surface area contributed by atoms with E-state index >= 15 is 0 Å². The van der Waals surface area contributed by atoms with Gasteiger partial charge in [-0.15, -0.1) is 24.0 Å². The number of aromatic nitrogens is 5. The molecular weight excluding hydrogens is 502 g/mol. The van der Waals surface area contributed by atoms with E-state index in [0.717, 1.165) is 30.9 Å². The number of nitrogens with one attached hydrogen (secondary N) is 3. The van der Waals surface area contributed by atoms with Gasteiger partial charge in [0.1, 0.15) is 17.8 Å². The highest BCUT2D eigenvalue weighted by Gasteiger charge is 2.32. The van der Waals surface area contributed by atoms with Gasteiger partial charge in [-0.2, -0.15) is 18.3 Å². The molecule has 1 aliphatic heterocycles. The summed E-state index contributed by atoms with van der Waals surface area (Å²) in [6.45, 7) is 4.00. The van der Waals surface area contributed by atoms with Crippen LogP contribution in [0.15, 0.2) is 23.6 Å². The minimum Gasteiger partial charge on any atom is -0.357 e. The van der Waals surface area contributed by atoms with Gasteiger partial charge in [-0.1, -0.05) is 0 Å². The Bertz CT molecular complexity index is 809. The summed E-state index contributed by atoms with van der Waals surface area (Å²) in [5.41, 5.74) is -0.978. The predicted octanol–water partition coefficient (Wildman–Crippen LogP) is 1.69. The summed E-state index contributed by atoms with van der Waals surface area (Å²) >= 11 is 0. The molecular formula is C16H23F3IN9. The van der Waals surface area contributed by atoms with Gasteiger partial charge in [-0.25, -0.2) is 19.6 Å². The quantitative estimate of drug-likeness (QED) is 0.228. The van der Waals surface area contributed by atoms with Gasteiger partial charge in [-0.3, -0.25) is 4.99 Å². The summed E-state index contributed by atoms with van der Waals surface area (Å²) < 4.78 is 39.9. The van der Waals surface area contributed by atoms with Crippen LogP contribution in [0.2, 0.25) is 0 Å². The summed E-state index contributed by atoms with van der Waals surface area (Å²) in [6.07, 6.45) is -0.110. The summed E-state index contributed by atoms with van der Waals surface area (Å²) in [7, 11) is 0. The minimum atomic E-state index is -4.50. The molecule has 160 valence electrons. The topological polar surface area (TPSA) is 105 Å². The molecule has 9 nitrogen and oxygen atoms in total. The van der Waals surface area contributed by atoms with Crippen molar-refractivity contribution in [2.24, 2.45) is 4.99 Å². The standard InChI is InChI=1S/C16H22F3N9.HI/c1-2-20-14(26-11-3-4-13-24-10-25-28(13)9-11)22-7-8-23-15-21-6-5-12(27-15)16(17,18)19;/h5-6,10-11H,2-4,7-9H2,1H3,(H2,20,22,26)(H,21,23,27);1H. The molecule has 0 radical (unpaired) electrons. The highest BCUT2D eigenvalue weighted by Crippen LogP contribution is 2.27. The van der Waals surface area contributed by atoms with Gasteiger partial charge in [0.15, 0.2) is 5.96 Å². The Morgan fingerprint density at radius 2 is 2.17 bits per heavy atom. The number of nitrogens with zero attached hydrogens (tertiary/aromatic N) is 6. The molecule has 2 aromatic rings. The molecule has 1 atom stereocenters. The number of aryl methyl sites for hydroxylation is 1. The van der Waals surface area contributed by atoms with Crippen molar-refractivity contribution in [3.63, 3.8) is 0 Å². The fourth-order valence-electron chi connectivity index (χ4n) is 2.81. The van der Waals surface area contributed by atoms with Crippen LogP contribution < -0.4 is 16.0 Å². The van der Waals surface area contributed by atoms with E-state index in [1.54, 1.807) is 6.33 Å². The Hall–Kier alpha value is -2.19. The van der Waals surface area contributed by atoms with E-state index in [2.05, 4.69) is 41.0 Å². The molecule has 2 aromatic heterocycles. The van der Waals surface area contributed by atoms with Crippen LogP contribution >= 0.6 is 24.0 Å². The van der Waals surface area contributed by atoms with Crippen molar-refractivity contribution < 1.29 is 13.2 Å². The van der Waals surface area contributed by atoms with Gasteiger partial charge in [0, 0.05) is 31.7 Å². The van der Waals surface area contributed by atoms with E-state index in [-0.39, 0.29) is 36.0 Å². The molecule has 1 aliphatic rings. The molecule has 3 heterocycles. The molecule has 0 amide bonds. The van der Waals surface area contributed by atoms with Crippen LogP contribution in [0.4, 0.5) is 19.1 Å². The summed E-state index contributed by atoms with van der Waals surface area (Å²) in [5.74, 6) is 1.54. The SMILES string of the molecule is CCNC(=NCCNc1nccc(C(F)(F)F)n1)NC1CCc2ncnn2C1.I. The molecule has 13 heteroatoms. The van der Waals surface area contributed by atoms with Crippen molar-refractivity contribution in [1.29, 1.82) is 0 Å². The van der Waals surface area contributed by atoms with Crippen LogP contribution in [-0.4, -0.2) is 56.4 Å². The lowest BCUT2D eigenvalue weighted by atomic mass is 10.1. The number of hydrogen-bond donors (Lipinski definition) is 3. The molecule has 0 fully saturated rings. The molecule has 0 bridgehead atoms. The molecule has 0 aromatic carbocycles. The van der Waals surface area contributed by atoms with E-state index in [1.165, 1.54) is 0 Å². The lowest BCUT2D eigenvalue weighted by Gasteiger charge is -2.25. The third kappa shape index (κ3) is 6.68. The number of guanidine groups is 1. The first kappa shape index (κ1) is 23.1. The van der Waals surface area contributed by atoms with Gasteiger partial charge in [0.05, 0.1) is 13.1 Å². The number of aliphatic imine (C=N–C) groups is 1. The monoisotopic (exact) mass is 525 g/mol. The molecule has 3 N–H and O–H groups in total. The maximum absolute atomic E-state index is 12.7. The average Bonchev–Trinajstić information content (AvgIpc) is 3.13. The molecule has 0 spiro atoms. The van der Waals surface area contributed by atoms with Crippen molar-refractivity contribution in [3.8, 4) is 0 Å². The molecule has 0 aliphatic carbocycles. The summed E-state index contributed by atoms with van der Waals surface area (Å²) in [5, 5.41) is 13.5. The number of halogens is 4. The smallest absolute Gasteiger partial charge is 0.357 e. The number of fused-ring (bicyclic) bond motifs is 1. The van der Waals surface area contributed by atoms with Crippen molar-refractivity contribution in [2.75, 3.05) is 25.0 Å². The maximum atomic E-state index is 12.7.